The number of nitrogens with two attached hydrogens (primary N) is 1. The van der Waals surface area contributed by atoms with E-state index in [0.29, 0.717) is 19.1 Å². The summed E-state index contributed by atoms with van der Waals surface area (Å²) in [7, 11) is 0. The predicted molar refractivity (Wildman–Crippen MR) is 64.0 cm³/mol. The van der Waals surface area contributed by atoms with Gasteiger partial charge in [0.05, 0.1) is 19.3 Å². The van der Waals surface area contributed by atoms with Crippen LogP contribution in [0.25, 0.3) is 0 Å². The molecular weight excluding hydrogens is 222 g/mol. The van der Waals surface area contributed by atoms with Gasteiger partial charge in [0.1, 0.15) is 0 Å². The van der Waals surface area contributed by atoms with Crippen molar-refractivity contribution < 1.29 is 14.6 Å². The maximum absolute atomic E-state index is 10.9. The molecule has 0 saturated carbocycles. The fourth-order valence-corrected chi connectivity index (χ4v) is 1.97. The van der Waals surface area contributed by atoms with E-state index in [4.69, 9.17) is 15.7 Å². The number of unbranched alkanes of at least 4 members (excludes halogenated alkanes) is 1. The summed E-state index contributed by atoms with van der Waals surface area (Å²) in [6, 6.07) is 0.376. The summed E-state index contributed by atoms with van der Waals surface area (Å²) in [6.45, 7) is 4.53. The molecule has 4 N–H and O–H groups in total. The third-order valence-electron chi connectivity index (χ3n) is 3.10. The second kappa shape index (κ2) is 7.60. The van der Waals surface area contributed by atoms with Crippen LogP contribution in [0.5, 0.6) is 0 Å². The van der Waals surface area contributed by atoms with Crippen molar-refractivity contribution in [3.05, 3.63) is 0 Å². The predicted octanol–water partition coefficient (Wildman–Crippen LogP) is -0.772. The van der Waals surface area contributed by atoms with Gasteiger partial charge in [-0.3, -0.25) is 15.1 Å². The van der Waals surface area contributed by atoms with Gasteiger partial charge in [0.15, 0.2) is 0 Å². The van der Waals surface area contributed by atoms with E-state index in [2.05, 4.69) is 17.2 Å². The largest absolute Gasteiger partial charge is 0.394 e. The molecule has 17 heavy (non-hydrogen) atoms. The molecule has 0 aromatic carbocycles. The summed E-state index contributed by atoms with van der Waals surface area (Å²) in [5.41, 5.74) is 2.12. The Morgan fingerprint density at radius 1 is 1.59 bits per heavy atom. The highest BCUT2D eigenvalue weighted by molar-refractivity contribution is 5.75. The molecule has 2 unspecified atom stereocenters. The molecule has 0 aromatic heterocycles. The lowest BCUT2D eigenvalue weighted by atomic mass is 10.1. The molecule has 0 aliphatic carbocycles. The minimum Gasteiger partial charge on any atom is -0.394 e. The molecular formula is C11H23N3O3. The average molecular weight is 245 g/mol. The fourth-order valence-electron chi connectivity index (χ4n) is 1.97. The van der Waals surface area contributed by atoms with Crippen molar-refractivity contribution in [2.75, 3.05) is 26.3 Å². The number of hydrogen-bond donors (Lipinski definition) is 3. The topological polar surface area (TPSA) is 87.8 Å². The highest BCUT2D eigenvalue weighted by Gasteiger charge is 2.24. The summed E-state index contributed by atoms with van der Waals surface area (Å²) in [5.74, 6) is 4.88. The third kappa shape index (κ3) is 4.99. The smallest absolute Gasteiger partial charge is 0.233 e. The van der Waals surface area contributed by atoms with Crippen LogP contribution >= 0.6 is 0 Å². The van der Waals surface area contributed by atoms with Gasteiger partial charge in [-0.25, -0.2) is 5.84 Å². The minimum absolute atomic E-state index is 0.0683. The van der Waals surface area contributed by atoms with Gasteiger partial charge < -0.3 is 9.84 Å². The van der Waals surface area contributed by atoms with Crippen molar-refractivity contribution >= 4 is 5.91 Å². The van der Waals surface area contributed by atoms with E-state index in [1.807, 2.05) is 0 Å². The van der Waals surface area contributed by atoms with Crippen LogP contribution in [-0.4, -0.2) is 54.4 Å². The highest BCUT2D eigenvalue weighted by atomic mass is 16.5. The molecule has 1 aliphatic rings. The van der Waals surface area contributed by atoms with Gasteiger partial charge in [0, 0.05) is 19.0 Å². The van der Waals surface area contributed by atoms with E-state index in [1.165, 1.54) is 0 Å². The molecule has 0 aromatic rings. The van der Waals surface area contributed by atoms with Crippen LogP contribution in [0.1, 0.15) is 26.2 Å². The van der Waals surface area contributed by atoms with Crippen molar-refractivity contribution in [2.24, 2.45) is 5.84 Å². The van der Waals surface area contributed by atoms with Gasteiger partial charge in [0.25, 0.3) is 0 Å². The van der Waals surface area contributed by atoms with Crippen molar-refractivity contribution in [3.8, 4) is 0 Å². The Morgan fingerprint density at radius 3 is 3.00 bits per heavy atom. The van der Waals surface area contributed by atoms with Gasteiger partial charge >= 0.3 is 0 Å². The van der Waals surface area contributed by atoms with E-state index in [-0.39, 0.29) is 18.6 Å². The Morgan fingerprint density at radius 2 is 2.35 bits per heavy atom. The molecule has 0 radical (unpaired) electrons. The fraction of sp³-hybridized carbons (Fsp3) is 0.909. The Bertz CT molecular complexity index is 238. The van der Waals surface area contributed by atoms with Crippen molar-refractivity contribution in [2.45, 2.75) is 38.3 Å². The van der Waals surface area contributed by atoms with Crippen LogP contribution in [0.15, 0.2) is 0 Å². The van der Waals surface area contributed by atoms with Crippen LogP contribution < -0.4 is 11.3 Å². The molecule has 100 valence electrons. The molecule has 1 heterocycles. The van der Waals surface area contributed by atoms with Gasteiger partial charge in [-0.1, -0.05) is 0 Å². The number of hydrogen-bond acceptors (Lipinski definition) is 5. The van der Waals surface area contributed by atoms with Gasteiger partial charge in [-0.05, 0) is 26.3 Å². The lowest BCUT2D eigenvalue weighted by Crippen LogP contribution is -2.49. The molecule has 2 atom stereocenters. The quantitative estimate of drug-likeness (QED) is 0.247. The molecule has 0 spiro atoms. The van der Waals surface area contributed by atoms with Crippen LogP contribution in [0, 0.1) is 0 Å². The van der Waals surface area contributed by atoms with Crippen LogP contribution in [0.2, 0.25) is 0 Å². The molecule has 1 aliphatic heterocycles. The first kappa shape index (κ1) is 14.4. The number of carbonyl (C=O) groups is 1. The number of rotatable bonds is 6. The summed E-state index contributed by atoms with van der Waals surface area (Å²) < 4.78 is 5.46. The van der Waals surface area contributed by atoms with E-state index < -0.39 is 0 Å². The van der Waals surface area contributed by atoms with Crippen LogP contribution in [0.3, 0.4) is 0 Å². The lowest BCUT2D eigenvalue weighted by molar-refractivity contribution is -0.121. The third-order valence-corrected chi connectivity index (χ3v) is 3.10. The first-order chi connectivity index (χ1) is 8.17. The van der Waals surface area contributed by atoms with Crippen molar-refractivity contribution in [1.29, 1.82) is 0 Å². The number of morpholine rings is 1. The maximum atomic E-state index is 10.9. The van der Waals surface area contributed by atoms with Crippen LogP contribution in [-0.2, 0) is 9.53 Å². The van der Waals surface area contributed by atoms with E-state index >= 15 is 0 Å². The first-order valence-electron chi connectivity index (χ1n) is 6.13. The molecule has 1 rings (SSSR count). The highest BCUT2D eigenvalue weighted by Crippen LogP contribution is 2.12. The first-order valence-corrected chi connectivity index (χ1v) is 6.13. The van der Waals surface area contributed by atoms with E-state index in [1.54, 1.807) is 0 Å². The zero-order valence-corrected chi connectivity index (χ0v) is 10.4. The van der Waals surface area contributed by atoms with E-state index in [9.17, 15) is 4.79 Å². The number of carbonyl (C=O) groups excluding carboxylic acids is 1. The Labute approximate surface area is 102 Å². The normalized spacial score (nSPS) is 25.8. The summed E-state index contributed by atoms with van der Waals surface area (Å²) >= 11 is 0. The average Bonchev–Trinajstić information content (AvgIpc) is 2.36. The maximum Gasteiger partial charge on any atom is 0.233 e. The van der Waals surface area contributed by atoms with Gasteiger partial charge in [-0.15, -0.1) is 0 Å². The number of aliphatic hydroxyl groups excluding tert-OH is 1. The number of amides is 1. The molecule has 6 heteroatoms. The van der Waals surface area contributed by atoms with Gasteiger partial charge in [0.2, 0.25) is 5.91 Å². The summed E-state index contributed by atoms with van der Waals surface area (Å²) in [4.78, 5) is 13.2. The second-order valence-electron chi connectivity index (χ2n) is 4.51. The van der Waals surface area contributed by atoms with Crippen molar-refractivity contribution in [1.82, 2.24) is 10.3 Å². The Hall–Kier alpha value is -0.690. The monoisotopic (exact) mass is 245 g/mol. The number of ether oxygens (including phenoxy) is 1. The van der Waals surface area contributed by atoms with Crippen LogP contribution in [0.4, 0.5) is 0 Å². The van der Waals surface area contributed by atoms with Crippen molar-refractivity contribution in [3.63, 3.8) is 0 Å². The standard InChI is InChI=1S/C11H23N3O3/c1-9-8-17-10(7-15)6-14(9)5-3-2-4-11(16)13-12/h9-10,15H,2-8,12H2,1H3,(H,13,16). The number of nitrogens with zero attached hydrogens (tertiary/aromatic N) is 1. The Balaban J connectivity index is 2.18. The lowest BCUT2D eigenvalue weighted by Gasteiger charge is -2.37. The number of hydrazine groups is 1. The van der Waals surface area contributed by atoms with E-state index in [0.717, 1.165) is 25.9 Å². The summed E-state index contributed by atoms with van der Waals surface area (Å²) in [5, 5.41) is 9.05. The molecule has 1 saturated heterocycles. The Kier molecular flexibility index (Phi) is 6.43. The second-order valence-corrected chi connectivity index (χ2v) is 4.51. The zero-order chi connectivity index (χ0) is 12.7. The molecule has 1 fully saturated rings. The number of aliphatic hydroxyl groups is 1. The minimum atomic E-state index is -0.117. The summed E-state index contributed by atoms with van der Waals surface area (Å²) in [6.07, 6.45) is 2.18. The molecule has 0 bridgehead atoms. The molecule has 6 nitrogen and oxygen atoms in total. The van der Waals surface area contributed by atoms with Gasteiger partial charge in [-0.2, -0.15) is 0 Å². The SMILES string of the molecule is CC1COC(CO)CN1CCCCC(=O)NN. The zero-order valence-electron chi connectivity index (χ0n) is 10.4. The number of nitrogens with one attached hydrogen (secondary N) is 1. The molecule has 1 amide bonds.